The van der Waals surface area contributed by atoms with Crippen molar-refractivity contribution in [1.82, 2.24) is 30.4 Å². The summed E-state index contributed by atoms with van der Waals surface area (Å²) in [6, 6.07) is 7.39. The fourth-order valence-electron chi connectivity index (χ4n) is 1.66. The Morgan fingerprint density at radius 3 is 2.68 bits per heavy atom. The highest BCUT2D eigenvalue weighted by molar-refractivity contribution is 6.32. The van der Waals surface area contributed by atoms with Crippen LogP contribution >= 0.6 is 11.6 Å². The summed E-state index contributed by atoms with van der Waals surface area (Å²) in [6.45, 7) is 0. The molecule has 2 heterocycles. The predicted molar refractivity (Wildman–Crippen MR) is 68.3 cm³/mol. The molecule has 19 heavy (non-hydrogen) atoms. The highest BCUT2D eigenvalue weighted by Gasteiger charge is 2.15. The topological polar surface area (TPSA) is 81.5 Å². The molecule has 1 N–H and O–H groups in total. The third-order valence-corrected chi connectivity index (χ3v) is 2.98. The van der Waals surface area contributed by atoms with Gasteiger partial charge in [-0.1, -0.05) is 11.6 Å². The molecule has 0 spiro atoms. The van der Waals surface area contributed by atoms with Crippen molar-refractivity contribution in [2.24, 2.45) is 0 Å². The lowest BCUT2D eigenvalue weighted by atomic mass is 10.3. The normalized spacial score (nSPS) is 10.6. The van der Waals surface area contributed by atoms with E-state index in [0.29, 0.717) is 16.5 Å². The van der Waals surface area contributed by atoms with E-state index < -0.39 is 0 Å². The monoisotopic (exact) mass is 276 g/mol. The second-order valence-corrected chi connectivity index (χ2v) is 4.05. The summed E-state index contributed by atoms with van der Waals surface area (Å²) in [5.41, 5.74) is 1.44. The van der Waals surface area contributed by atoms with Crippen molar-refractivity contribution in [3.63, 3.8) is 0 Å². The van der Waals surface area contributed by atoms with Gasteiger partial charge in [0.05, 0.1) is 24.6 Å². The largest absolute Gasteiger partial charge is 0.497 e. The van der Waals surface area contributed by atoms with Crippen molar-refractivity contribution < 1.29 is 4.74 Å². The summed E-state index contributed by atoms with van der Waals surface area (Å²) in [5, 5.41) is 18.3. The zero-order valence-electron chi connectivity index (χ0n) is 9.91. The molecule has 8 heteroatoms. The molecule has 0 radical (unpaired) electrons. The first kappa shape index (κ1) is 11.7. The molecule has 0 saturated heterocycles. The molecule has 0 fully saturated rings. The van der Waals surface area contributed by atoms with Crippen LogP contribution in [0.5, 0.6) is 5.75 Å². The number of benzene rings is 1. The summed E-state index contributed by atoms with van der Waals surface area (Å²) in [7, 11) is 1.62. The number of hydrogen-bond acceptors (Lipinski definition) is 5. The van der Waals surface area contributed by atoms with E-state index in [-0.39, 0.29) is 0 Å². The zero-order chi connectivity index (χ0) is 13.2. The predicted octanol–water partition coefficient (Wildman–Crippen LogP) is 1.71. The number of aromatic amines is 1. The van der Waals surface area contributed by atoms with Crippen molar-refractivity contribution in [3.05, 3.63) is 35.6 Å². The van der Waals surface area contributed by atoms with Gasteiger partial charge >= 0.3 is 0 Å². The van der Waals surface area contributed by atoms with E-state index in [4.69, 9.17) is 16.3 Å². The van der Waals surface area contributed by atoms with Gasteiger partial charge in [-0.3, -0.25) is 0 Å². The number of nitrogens with one attached hydrogen (secondary N) is 1. The Bertz CT molecular complexity index is 676. The van der Waals surface area contributed by atoms with Gasteiger partial charge < -0.3 is 4.74 Å². The van der Waals surface area contributed by atoms with Crippen LogP contribution in [0.2, 0.25) is 5.15 Å². The number of H-pyrrole nitrogens is 1. The van der Waals surface area contributed by atoms with E-state index >= 15 is 0 Å². The molecule has 0 amide bonds. The van der Waals surface area contributed by atoms with Gasteiger partial charge in [-0.05, 0) is 29.5 Å². The lowest BCUT2D eigenvalue weighted by Crippen LogP contribution is -1.96. The van der Waals surface area contributed by atoms with Gasteiger partial charge in [-0.15, -0.1) is 10.2 Å². The Morgan fingerprint density at radius 2 is 2.05 bits per heavy atom. The smallest absolute Gasteiger partial charge is 0.209 e. The number of rotatable bonds is 3. The van der Waals surface area contributed by atoms with Gasteiger partial charge in [0, 0.05) is 0 Å². The molecule has 96 valence electrons. The van der Waals surface area contributed by atoms with Crippen LogP contribution in [0.25, 0.3) is 17.1 Å². The van der Waals surface area contributed by atoms with Crippen molar-refractivity contribution in [2.45, 2.75) is 0 Å². The number of hydrogen-bond donors (Lipinski definition) is 1. The molecule has 3 rings (SSSR count). The minimum Gasteiger partial charge on any atom is -0.497 e. The Hall–Kier alpha value is -2.41. The van der Waals surface area contributed by atoms with Crippen molar-refractivity contribution >= 4 is 11.6 Å². The molecule has 1 aromatic carbocycles. The second-order valence-electron chi connectivity index (χ2n) is 3.69. The highest BCUT2D eigenvalue weighted by atomic mass is 35.5. The van der Waals surface area contributed by atoms with Gasteiger partial charge in [0.1, 0.15) is 10.9 Å². The van der Waals surface area contributed by atoms with E-state index in [1.807, 2.05) is 24.3 Å². The maximum absolute atomic E-state index is 6.27. The molecule has 2 aromatic heterocycles. The average molecular weight is 277 g/mol. The van der Waals surface area contributed by atoms with Crippen LogP contribution in [0.3, 0.4) is 0 Å². The zero-order valence-corrected chi connectivity index (χ0v) is 10.7. The lowest BCUT2D eigenvalue weighted by molar-refractivity contribution is 0.414. The lowest BCUT2D eigenvalue weighted by Gasteiger charge is -2.04. The first-order valence-corrected chi connectivity index (χ1v) is 5.79. The van der Waals surface area contributed by atoms with Gasteiger partial charge in [0.25, 0.3) is 0 Å². The van der Waals surface area contributed by atoms with Crippen molar-refractivity contribution in [1.29, 1.82) is 0 Å². The molecule has 0 bridgehead atoms. The van der Waals surface area contributed by atoms with Crippen LogP contribution in [-0.2, 0) is 0 Å². The van der Waals surface area contributed by atoms with Crippen LogP contribution in [0.1, 0.15) is 0 Å². The fourth-order valence-corrected chi connectivity index (χ4v) is 1.94. The number of tetrazole rings is 1. The Labute approximate surface area is 113 Å². The van der Waals surface area contributed by atoms with Crippen LogP contribution in [0.15, 0.2) is 30.5 Å². The molecule has 0 unspecified atom stereocenters. The van der Waals surface area contributed by atoms with Crippen LogP contribution < -0.4 is 4.74 Å². The molecular weight excluding hydrogens is 268 g/mol. The van der Waals surface area contributed by atoms with Crippen LogP contribution in [0.4, 0.5) is 0 Å². The Balaban J connectivity index is 2.01. The fraction of sp³-hybridized carbons (Fsp3) is 0.0909. The van der Waals surface area contributed by atoms with Gasteiger partial charge in [-0.2, -0.15) is 10.3 Å². The van der Waals surface area contributed by atoms with Gasteiger partial charge in [-0.25, -0.2) is 4.68 Å². The SMILES string of the molecule is COc1ccc(-n2ncc(-c3nn[nH]n3)c2Cl)cc1. The number of halogens is 1. The van der Waals surface area contributed by atoms with Crippen LogP contribution in [-0.4, -0.2) is 37.5 Å². The first-order chi connectivity index (χ1) is 9.29. The highest BCUT2D eigenvalue weighted by Crippen LogP contribution is 2.27. The third kappa shape index (κ3) is 2.04. The standard InChI is InChI=1S/C11H9ClN6O/c1-19-8-4-2-7(3-5-8)18-10(12)9(6-13-18)11-14-16-17-15-11/h2-6H,1H3,(H,14,15,16,17). The summed E-state index contributed by atoms with van der Waals surface area (Å²) in [5.74, 6) is 1.18. The van der Waals surface area contributed by atoms with Crippen molar-refractivity contribution in [2.75, 3.05) is 7.11 Å². The number of nitrogens with zero attached hydrogens (tertiary/aromatic N) is 5. The number of methoxy groups -OCH3 is 1. The molecule has 0 aliphatic rings. The molecule has 7 nitrogen and oxygen atoms in total. The molecule has 0 aliphatic heterocycles. The Morgan fingerprint density at radius 1 is 1.26 bits per heavy atom. The Kier molecular flexibility index (Phi) is 2.88. The number of ether oxygens (including phenoxy) is 1. The molecule has 3 aromatic rings. The number of aromatic nitrogens is 6. The molecule has 0 saturated carbocycles. The van der Waals surface area contributed by atoms with Crippen LogP contribution in [0, 0.1) is 0 Å². The van der Waals surface area contributed by atoms with E-state index in [1.54, 1.807) is 18.0 Å². The second kappa shape index (κ2) is 4.69. The quantitative estimate of drug-likeness (QED) is 0.787. The van der Waals surface area contributed by atoms with E-state index in [1.165, 1.54) is 0 Å². The van der Waals surface area contributed by atoms with Gasteiger partial charge in [0.15, 0.2) is 0 Å². The van der Waals surface area contributed by atoms with E-state index in [9.17, 15) is 0 Å². The molecule has 0 aliphatic carbocycles. The van der Waals surface area contributed by atoms with Crippen molar-refractivity contribution in [3.8, 4) is 22.8 Å². The summed E-state index contributed by atoms with van der Waals surface area (Å²) < 4.78 is 6.69. The van der Waals surface area contributed by atoms with Gasteiger partial charge in [0.2, 0.25) is 5.82 Å². The van der Waals surface area contributed by atoms with E-state index in [0.717, 1.165) is 11.4 Å². The molecular formula is C11H9ClN6O. The maximum atomic E-state index is 6.27. The summed E-state index contributed by atoms with van der Waals surface area (Å²) in [4.78, 5) is 0. The minimum atomic E-state index is 0.407. The molecule has 0 atom stereocenters. The summed E-state index contributed by atoms with van der Waals surface area (Å²) in [6.07, 6.45) is 1.59. The maximum Gasteiger partial charge on any atom is 0.209 e. The first-order valence-electron chi connectivity index (χ1n) is 5.41. The van der Waals surface area contributed by atoms with E-state index in [2.05, 4.69) is 25.7 Å². The third-order valence-electron chi connectivity index (χ3n) is 2.61. The minimum absolute atomic E-state index is 0.407. The average Bonchev–Trinajstić information content (AvgIpc) is 3.08. The summed E-state index contributed by atoms with van der Waals surface area (Å²) >= 11 is 6.27.